The summed E-state index contributed by atoms with van der Waals surface area (Å²) in [4.78, 5) is 11.4. The van der Waals surface area contributed by atoms with Gasteiger partial charge in [0.05, 0.1) is 33.1 Å². The number of benzene rings is 2. The van der Waals surface area contributed by atoms with E-state index in [0.29, 0.717) is 27.9 Å². The molecular formula is C18H19N3O4S. The Kier molecular flexibility index (Phi) is 6.92. The van der Waals surface area contributed by atoms with E-state index >= 15 is 0 Å². The molecule has 0 saturated carbocycles. The van der Waals surface area contributed by atoms with E-state index in [2.05, 4.69) is 20.6 Å². The summed E-state index contributed by atoms with van der Waals surface area (Å²) in [6.07, 6.45) is 1.58. The molecule has 2 rings (SSSR count). The average Bonchev–Trinajstić information content (AvgIpc) is 2.67. The Labute approximate surface area is 157 Å². The van der Waals surface area contributed by atoms with Gasteiger partial charge in [-0.05, 0) is 54.7 Å². The first kappa shape index (κ1) is 19.2. The van der Waals surface area contributed by atoms with Gasteiger partial charge in [-0.1, -0.05) is 0 Å². The lowest BCUT2D eigenvalue weighted by Crippen LogP contribution is -2.23. The van der Waals surface area contributed by atoms with Crippen molar-refractivity contribution in [3.63, 3.8) is 0 Å². The van der Waals surface area contributed by atoms with Crippen molar-refractivity contribution in [1.82, 2.24) is 5.43 Å². The zero-order valence-corrected chi connectivity index (χ0v) is 15.4. The van der Waals surface area contributed by atoms with Crippen molar-refractivity contribution in [2.45, 2.75) is 0 Å². The third kappa shape index (κ3) is 5.18. The van der Waals surface area contributed by atoms with Crippen molar-refractivity contribution in [2.24, 2.45) is 5.10 Å². The van der Waals surface area contributed by atoms with Crippen molar-refractivity contribution in [1.29, 1.82) is 0 Å². The molecule has 0 aliphatic heterocycles. The number of carbonyl (C=O) groups excluding carboxylic acids is 1. The van der Waals surface area contributed by atoms with Gasteiger partial charge >= 0.3 is 5.97 Å². The molecule has 2 aromatic rings. The van der Waals surface area contributed by atoms with Crippen LogP contribution in [0.25, 0.3) is 0 Å². The number of nitrogens with zero attached hydrogens (tertiary/aromatic N) is 1. The van der Waals surface area contributed by atoms with Crippen LogP contribution in [0.3, 0.4) is 0 Å². The molecule has 0 bridgehead atoms. The Balaban J connectivity index is 1.96. The van der Waals surface area contributed by atoms with Crippen molar-refractivity contribution in [3.8, 4) is 11.5 Å². The largest absolute Gasteiger partial charge is 0.497 e. The Hall–Kier alpha value is -3.13. The molecule has 0 aliphatic rings. The molecular weight excluding hydrogens is 354 g/mol. The number of hydrogen-bond donors (Lipinski definition) is 2. The first-order valence-corrected chi connectivity index (χ1v) is 7.98. The highest BCUT2D eigenvalue weighted by Crippen LogP contribution is 2.22. The van der Waals surface area contributed by atoms with Crippen molar-refractivity contribution >= 4 is 35.2 Å². The number of ether oxygens (including phenoxy) is 3. The molecule has 0 radical (unpaired) electrons. The minimum Gasteiger partial charge on any atom is -0.497 e. The van der Waals surface area contributed by atoms with Crippen LogP contribution in [0, 0.1) is 0 Å². The molecule has 2 aromatic carbocycles. The van der Waals surface area contributed by atoms with E-state index in [0.717, 1.165) is 5.56 Å². The number of hydrogen-bond acceptors (Lipinski definition) is 6. The van der Waals surface area contributed by atoms with Gasteiger partial charge in [0.2, 0.25) is 0 Å². The maximum absolute atomic E-state index is 11.4. The number of hydrazone groups is 1. The minimum atomic E-state index is -0.394. The van der Waals surface area contributed by atoms with Gasteiger partial charge in [0.1, 0.15) is 11.5 Å². The maximum Gasteiger partial charge on any atom is 0.337 e. The highest BCUT2D eigenvalue weighted by molar-refractivity contribution is 7.80. The van der Waals surface area contributed by atoms with Crippen LogP contribution in [0.5, 0.6) is 11.5 Å². The van der Waals surface area contributed by atoms with E-state index < -0.39 is 5.97 Å². The van der Waals surface area contributed by atoms with E-state index in [1.54, 1.807) is 62.9 Å². The summed E-state index contributed by atoms with van der Waals surface area (Å²) in [5, 5.41) is 7.35. The normalized spacial score (nSPS) is 10.3. The molecule has 0 saturated heterocycles. The van der Waals surface area contributed by atoms with Crippen LogP contribution in [-0.4, -0.2) is 38.6 Å². The number of rotatable bonds is 6. The van der Waals surface area contributed by atoms with Gasteiger partial charge in [-0.15, -0.1) is 0 Å². The van der Waals surface area contributed by atoms with E-state index in [1.807, 2.05) is 0 Å². The second-order valence-corrected chi connectivity index (χ2v) is 5.41. The van der Waals surface area contributed by atoms with Crippen LogP contribution >= 0.6 is 12.2 Å². The van der Waals surface area contributed by atoms with E-state index in [1.165, 1.54) is 7.11 Å². The number of carbonyl (C=O) groups is 1. The Morgan fingerprint density at radius 1 is 1.08 bits per heavy atom. The third-order valence-corrected chi connectivity index (χ3v) is 3.56. The minimum absolute atomic E-state index is 0.300. The van der Waals surface area contributed by atoms with Crippen LogP contribution in [-0.2, 0) is 4.74 Å². The fourth-order valence-electron chi connectivity index (χ4n) is 2.07. The van der Waals surface area contributed by atoms with Crippen LogP contribution in [0.15, 0.2) is 47.6 Å². The zero-order valence-electron chi connectivity index (χ0n) is 14.6. The predicted octanol–water partition coefficient (Wildman–Crippen LogP) is 2.81. The molecule has 0 unspecified atom stereocenters. The molecule has 2 N–H and O–H groups in total. The smallest absolute Gasteiger partial charge is 0.337 e. The van der Waals surface area contributed by atoms with Crippen molar-refractivity contribution < 1.29 is 19.0 Å². The first-order valence-electron chi connectivity index (χ1n) is 7.58. The maximum atomic E-state index is 11.4. The summed E-state index contributed by atoms with van der Waals surface area (Å²) in [6, 6.07) is 12.1. The third-order valence-electron chi connectivity index (χ3n) is 3.37. The SMILES string of the molecule is COC(=O)c1ccc(NC(=S)N/N=C/c2cc(OC)ccc2OC)cc1. The average molecular weight is 373 g/mol. The van der Waals surface area contributed by atoms with Crippen LogP contribution in [0.2, 0.25) is 0 Å². The first-order chi connectivity index (χ1) is 12.6. The molecule has 26 heavy (non-hydrogen) atoms. The lowest BCUT2D eigenvalue weighted by molar-refractivity contribution is 0.0601. The highest BCUT2D eigenvalue weighted by Gasteiger charge is 2.05. The van der Waals surface area contributed by atoms with Crippen LogP contribution in [0.1, 0.15) is 15.9 Å². The Morgan fingerprint density at radius 3 is 2.42 bits per heavy atom. The summed E-state index contributed by atoms with van der Waals surface area (Å²) in [6.45, 7) is 0. The summed E-state index contributed by atoms with van der Waals surface area (Å²) in [7, 11) is 4.51. The van der Waals surface area contributed by atoms with Gasteiger partial charge < -0.3 is 19.5 Å². The van der Waals surface area contributed by atoms with Gasteiger partial charge in [-0.3, -0.25) is 5.43 Å². The summed E-state index contributed by atoms with van der Waals surface area (Å²) < 4.78 is 15.1. The summed E-state index contributed by atoms with van der Waals surface area (Å²) in [5.74, 6) is 0.960. The standard InChI is InChI=1S/C18H19N3O4S/c1-23-15-8-9-16(24-2)13(10-15)11-19-21-18(26)20-14-6-4-12(5-7-14)17(22)25-3/h4-11H,1-3H3,(H2,20,21,26)/b19-11+. The second-order valence-electron chi connectivity index (χ2n) is 5.00. The van der Waals surface area contributed by atoms with E-state index in [-0.39, 0.29) is 0 Å². The Bertz CT molecular complexity index is 807. The van der Waals surface area contributed by atoms with E-state index in [9.17, 15) is 4.79 Å². The summed E-state index contributed by atoms with van der Waals surface area (Å²) >= 11 is 5.18. The van der Waals surface area contributed by atoms with Gasteiger partial charge in [0.25, 0.3) is 0 Å². The molecule has 0 spiro atoms. The monoisotopic (exact) mass is 373 g/mol. The topological polar surface area (TPSA) is 81.2 Å². The molecule has 136 valence electrons. The number of esters is 1. The zero-order chi connectivity index (χ0) is 18.9. The quantitative estimate of drug-likeness (QED) is 0.349. The van der Waals surface area contributed by atoms with Crippen LogP contribution < -0.4 is 20.2 Å². The molecule has 0 aliphatic carbocycles. The van der Waals surface area contributed by atoms with Crippen LogP contribution in [0.4, 0.5) is 5.69 Å². The lowest BCUT2D eigenvalue weighted by Gasteiger charge is -2.09. The molecule has 0 fully saturated rings. The molecule has 0 heterocycles. The van der Waals surface area contributed by atoms with Crippen molar-refractivity contribution in [2.75, 3.05) is 26.6 Å². The van der Waals surface area contributed by atoms with Gasteiger partial charge in [-0.2, -0.15) is 5.10 Å². The predicted molar refractivity (Wildman–Crippen MR) is 104 cm³/mol. The number of methoxy groups -OCH3 is 3. The Morgan fingerprint density at radius 2 is 1.81 bits per heavy atom. The fraction of sp³-hybridized carbons (Fsp3) is 0.167. The van der Waals surface area contributed by atoms with Gasteiger partial charge in [-0.25, -0.2) is 4.79 Å². The molecule has 7 nitrogen and oxygen atoms in total. The second kappa shape index (κ2) is 9.38. The lowest BCUT2D eigenvalue weighted by atomic mass is 10.2. The highest BCUT2D eigenvalue weighted by atomic mass is 32.1. The van der Waals surface area contributed by atoms with Crippen molar-refractivity contribution in [3.05, 3.63) is 53.6 Å². The number of nitrogens with one attached hydrogen (secondary N) is 2. The molecule has 0 amide bonds. The molecule has 8 heteroatoms. The fourth-order valence-corrected chi connectivity index (χ4v) is 2.24. The van der Waals surface area contributed by atoms with Gasteiger partial charge in [0, 0.05) is 11.3 Å². The van der Waals surface area contributed by atoms with Gasteiger partial charge in [0.15, 0.2) is 5.11 Å². The number of thiocarbonyl (C=S) groups is 1. The number of anilines is 1. The molecule has 0 aromatic heterocycles. The molecule has 0 atom stereocenters. The van der Waals surface area contributed by atoms with E-state index in [4.69, 9.17) is 21.7 Å². The summed E-state index contributed by atoms with van der Waals surface area (Å²) in [5.41, 5.74) is 4.63.